The molecule has 1 aliphatic rings. The Labute approximate surface area is 81.5 Å². The summed E-state index contributed by atoms with van der Waals surface area (Å²) >= 11 is 0. The molecule has 0 saturated heterocycles. The third kappa shape index (κ3) is 1.17. The summed E-state index contributed by atoms with van der Waals surface area (Å²) in [6, 6.07) is 6.46. The molecule has 0 radical (unpaired) electrons. The molecule has 1 fully saturated rings. The van der Waals surface area contributed by atoms with Crippen molar-refractivity contribution in [2.75, 3.05) is 0 Å². The summed E-state index contributed by atoms with van der Waals surface area (Å²) in [7, 11) is 0. The van der Waals surface area contributed by atoms with Gasteiger partial charge >= 0.3 is 0 Å². The molecule has 2 unspecified atom stereocenters. The molecule has 72 valence electrons. The van der Waals surface area contributed by atoms with Gasteiger partial charge in [-0.25, -0.2) is 9.18 Å². The molecule has 1 saturated carbocycles. The van der Waals surface area contributed by atoms with Crippen LogP contribution < -0.4 is 0 Å². The average Bonchev–Trinajstić information content (AvgIpc) is 2.79. The minimum Gasteiger partial charge on any atom is -0.211 e. The number of benzene rings is 1. The van der Waals surface area contributed by atoms with Crippen LogP contribution in [0.5, 0.6) is 0 Å². The maximum atomic E-state index is 13.4. The predicted molar refractivity (Wildman–Crippen MR) is 50.0 cm³/mol. The van der Waals surface area contributed by atoms with Crippen LogP contribution in [0.15, 0.2) is 29.3 Å². The maximum Gasteiger partial charge on any atom is 0.235 e. The van der Waals surface area contributed by atoms with Gasteiger partial charge in [-0.3, -0.25) is 0 Å². The lowest BCUT2D eigenvalue weighted by Crippen LogP contribution is -2.07. The molecule has 1 aromatic carbocycles. The first kappa shape index (κ1) is 9.10. The Morgan fingerprint density at radius 2 is 2.21 bits per heavy atom. The Morgan fingerprint density at radius 3 is 2.71 bits per heavy atom. The van der Waals surface area contributed by atoms with E-state index >= 15 is 0 Å². The molecule has 3 heteroatoms. The van der Waals surface area contributed by atoms with E-state index in [-0.39, 0.29) is 11.7 Å². The molecule has 2 atom stereocenters. The number of hydrogen-bond acceptors (Lipinski definition) is 2. The molecule has 1 aromatic rings. The van der Waals surface area contributed by atoms with Crippen LogP contribution in [0.25, 0.3) is 0 Å². The van der Waals surface area contributed by atoms with E-state index < -0.39 is 5.54 Å². The van der Waals surface area contributed by atoms with Crippen LogP contribution in [-0.4, -0.2) is 6.08 Å². The van der Waals surface area contributed by atoms with Crippen molar-refractivity contribution in [3.63, 3.8) is 0 Å². The van der Waals surface area contributed by atoms with Crippen molar-refractivity contribution >= 4 is 6.08 Å². The normalized spacial score (nSPS) is 29.4. The van der Waals surface area contributed by atoms with Crippen molar-refractivity contribution in [3.8, 4) is 0 Å². The van der Waals surface area contributed by atoms with E-state index in [0.29, 0.717) is 5.56 Å². The van der Waals surface area contributed by atoms with E-state index in [4.69, 9.17) is 0 Å². The van der Waals surface area contributed by atoms with Crippen LogP contribution in [0.4, 0.5) is 4.39 Å². The van der Waals surface area contributed by atoms with E-state index in [2.05, 4.69) is 4.99 Å². The molecule has 0 spiro atoms. The first-order valence-corrected chi connectivity index (χ1v) is 4.55. The molecular formula is C11H10FNO. The van der Waals surface area contributed by atoms with E-state index in [1.54, 1.807) is 18.2 Å². The maximum absolute atomic E-state index is 13.4. The Morgan fingerprint density at radius 1 is 1.57 bits per heavy atom. The zero-order valence-corrected chi connectivity index (χ0v) is 7.83. The van der Waals surface area contributed by atoms with Gasteiger partial charge in [-0.2, -0.15) is 4.99 Å². The van der Waals surface area contributed by atoms with E-state index in [1.165, 1.54) is 12.1 Å². The minimum atomic E-state index is -0.632. The summed E-state index contributed by atoms with van der Waals surface area (Å²) in [6.45, 7) is 1.95. The van der Waals surface area contributed by atoms with Crippen molar-refractivity contribution in [1.29, 1.82) is 0 Å². The van der Waals surface area contributed by atoms with Crippen LogP contribution in [-0.2, 0) is 10.3 Å². The summed E-state index contributed by atoms with van der Waals surface area (Å²) < 4.78 is 13.4. The van der Waals surface area contributed by atoms with Crippen molar-refractivity contribution in [3.05, 3.63) is 35.6 Å². The number of halogens is 1. The standard InChI is InChI=1S/C11H10FNO/c1-8-6-11(8,13-7-14)9-4-2-3-5-10(9)12/h2-5,8H,6H2,1H3. The van der Waals surface area contributed by atoms with Gasteiger partial charge in [0.15, 0.2) is 0 Å². The van der Waals surface area contributed by atoms with Gasteiger partial charge in [0.2, 0.25) is 6.08 Å². The topological polar surface area (TPSA) is 29.4 Å². The molecule has 0 aliphatic heterocycles. The lowest BCUT2D eigenvalue weighted by Gasteiger charge is -2.10. The van der Waals surface area contributed by atoms with Crippen LogP contribution in [0.2, 0.25) is 0 Å². The number of rotatable bonds is 2. The molecule has 1 aliphatic carbocycles. The fourth-order valence-electron chi connectivity index (χ4n) is 1.89. The SMILES string of the molecule is CC1CC1(N=C=O)c1ccccc1F. The number of carbonyl (C=O) groups excluding carboxylic acids is 1. The van der Waals surface area contributed by atoms with Crippen LogP contribution in [0, 0.1) is 11.7 Å². The van der Waals surface area contributed by atoms with Gasteiger partial charge in [0.25, 0.3) is 0 Å². The van der Waals surface area contributed by atoms with Crippen LogP contribution in [0.1, 0.15) is 18.9 Å². The van der Waals surface area contributed by atoms with Crippen LogP contribution in [0.3, 0.4) is 0 Å². The number of nitrogens with zero attached hydrogens (tertiary/aromatic N) is 1. The molecule has 0 bridgehead atoms. The lowest BCUT2D eigenvalue weighted by molar-refractivity contribution is 0.537. The van der Waals surface area contributed by atoms with E-state index in [1.807, 2.05) is 6.92 Å². The highest BCUT2D eigenvalue weighted by Crippen LogP contribution is 2.55. The summed E-state index contributed by atoms with van der Waals surface area (Å²) in [5.41, 5.74) is -0.122. The van der Waals surface area contributed by atoms with Crippen molar-refractivity contribution < 1.29 is 9.18 Å². The highest BCUT2D eigenvalue weighted by atomic mass is 19.1. The largest absolute Gasteiger partial charge is 0.235 e. The van der Waals surface area contributed by atoms with Crippen molar-refractivity contribution in [2.24, 2.45) is 10.9 Å². The second-order valence-electron chi connectivity index (χ2n) is 3.71. The first-order chi connectivity index (χ1) is 6.70. The van der Waals surface area contributed by atoms with Gasteiger partial charge in [0, 0.05) is 5.56 Å². The fraction of sp³-hybridized carbons (Fsp3) is 0.364. The number of isocyanates is 1. The predicted octanol–water partition coefficient (Wildman–Crippen LogP) is 2.40. The lowest BCUT2D eigenvalue weighted by atomic mass is 10.0. The highest BCUT2D eigenvalue weighted by Gasteiger charge is 2.54. The summed E-state index contributed by atoms with van der Waals surface area (Å²) in [4.78, 5) is 14.0. The first-order valence-electron chi connectivity index (χ1n) is 4.55. The fourth-order valence-corrected chi connectivity index (χ4v) is 1.89. The Kier molecular flexibility index (Phi) is 1.97. The average molecular weight is 191 g/mol. The second-order valence-corrected chi connectivity index (χ2v) is 3.71. The number of hydrogen-bond donors (Lipinski definition) is 0. The van der Waals surface area contributed by atoms with Gasteiger partial charge in [0.05, 0.1) is 0 Å². The summed E-state index contributed by atoms with van der Waals surface area (Å²) in [6.07, 6.45) is 2.26. The molecule has 0 aromatic heterocycles. The Bertz CT molecular complexity index is 412. The molecule has 0 heterocycles. The van der Waals surface area contributed by atoms with Gasteiger partial charge in [-0.15, -0.1) is 0 Å². The van der Waals surface area contributed by atoms with Gasteiger partial charge < -0.3 is 0 Å². The van der Waals surface area contributed by atoms with Gasteiger partial charge in [-0.05, 0) is 18.4 Å². The summed E-state index contributed by atoms with van der Waals surface area (Å²) in [5, 5.41) is 0. The minimum absolute atomic E-state index is 0.223. The highest BCUT2D eigenvalue weighted by molar-refractivity contribution is 5.42. The number of aliphatic imine (C=N–C) groups is 1. The van der Waals surface area contributed by atoms with Crippen molar-refractivity contribution in [1.82, 2.24) is 0 Å². The Hall–Kier alpha value is -1.47. The van der Waals surface area contributed by atoms with Gasteiger partial charge in [-0.1, -0.05) is 25.1 Å². The molecule has 0 amide bonds. The molecule has 2 nitrogen and oxygen atoms in total. The van der Waals surface area contributed by atoms with Gasteiger partial charge in [0.1, 0.15) is 11.4 Å². The van der Waals surface area contributed by atoms with E-state index in [9.17, 15) is 9.18 Å². The zero-order valence-electron chi connectivity index (χ0n) is 7.83. The smallest absolute Gasteiger partial charge is 0.211 e. The monoisotopic (exact) mass is 191 g/mol. The molecule has 14 heavy (non-hydrogen) atoms. The quantitative estimate of drug-likeness (QED) is 0.521. The van der Waals surface area contributed by atoms with E-state index in [0.717, 1.165) is 6.42 Å². The molecular weight excluding hydrogens is 181 g/mol. The third-order valence-corrected chi connectivity index (χ3v) is 2.86. The molecule has 0 N–H and O–H groups in total. The van der Waals surface area contributed by atoms with Crippen molar-refractivity contribution in [2.45, 2.75) is 18.9 Å². The van der Waals surface area contributed by atoms with Crippen LogP contribution >= 0.6 is 0 Å². The third-order valence-electron chi connectivity index (χ3n) is 2.86. The summed E-state index contributed by atoms with van der Waals surface area (Å²) in [5.74, 6) is -0.0725. The molecule has 2 rings (SSSR count). The zero-order chi connectivity index (χ0) is 10.2. The Balaban J connectivity index is 2.49. The second kappa shape index (κ2) is 3.03.